The van der Waals surface area contributed by atoms with Gasteiger partial charge in [0.05, 0.1) is 0 Å². The zero-order valence-electron chi connectivity index (χ0n) is 10.4. The molecule has 0 aliphatic heterocycles. The standard InChI is InChI=1S/C15H22/c1-7-9-11-15(13(5)6)14(10-8-2)12(3)4/h7-12H,1,5H2,2-4,6H3/b10-8-,11-9-,15-14+. The van der Waals surface area contributed by atoms with Crippen LogP contribution in [0.2, 0.25) is 0 Å². The number of hydrogen-bond acceptors (Lipinski definition) is 0. The Morgan fingerprint density at radius 2 is 1.80 bits per heavy atom. The minimum atomic E-state index is 0.502. The molecule has 0 heteroatoms. The van der Waals surface area contributed by atoms with Crippen molar-refractivity contribution >= 4 is 0 Å². The molecule has 0 saturated heterocycles. The molecule has 0 unspecified atom stereocenters. The summed E-state index contributed by atoms with van der Waals surface area (Å²) >= 11 is 0. The first kappa shape index (κ1) is 13.7. The van der Waals surface area contributed by atoms with Gasteiger partial charge in [0.15, 0.2) is 0 Å². The smallest absolute Gasteiger partial charge is 0.0199 e. The molecule has 0 fully saturated rings. The molecule has 0 rings (SSSR count). The van der Waals surface area contributed by atoms with Crippen LogP contribution in [0.4, 0.5) is 0 Å². The molecule has 0 bridgehead atoms. The van der Waals surface area contributed by atoms with E-state index in [9.17, 15) is 0 Å². The predicted molar refractivity (Wildman–Crippen MR) is 70.8 cm³/mol. The van der Waals surface area contributed by atoms with Crippen LogP contribution in [0.5, 0.6) is 0 Å². The summed E-state index contributed by atoms with van der Waals surface area (Å²) in [5.74, 6) is 0.502. The lowest BCUT2D eigenvalue weighted by molar-refractivity contribution is 0.784. The van der Waals surface area contributed by atoms with E-state index in [1.807, 2.05) is 19.9 Å². The molecule has 82 valence electrons. The second kappa shape index (κ2) is 7.05. The lowest BCUT2D eigenvalue weighted by Crippen LogP contribution is -1.96. The van der Waals surface area contributed by atoms with Gasteiger partial charge in [0.1, 0.15) is 0 Å². The Bertz CT molecular complexity index is 309. The van der Waals surface area contributed by atoms with E-state index in [0.717, 1.165) is 5.57 Å². The highest BCUT2D eigenvalue weighted by Gasteiger charge is 2.05. The molecule has 0 aromatic heterocycles. The predicted octanol–water partition coefficient (Wildman–Crippen LogP) is 4.83. The number of rotatable bonds is 5. The summed E-state index contributed by atoms with van der Waals surface area (Å²) in [4.78, 5) is 0. The third-order valence-electron chi connectivity index (χ3n) is 2.14. The Hall–Kier alpha value is -1.30. The van der Waals surface area contributed by atoms with Crippen LogP contribution in [0, 0.1) is 5.92 Å². The Balaban J connectivity index is 5.43. The van der Waals surface area contributed by atoms with E-state index in [1.54, 1.807) is 6.08 Å². The quantitative estimate of drug-likeness (QED) is 0.560. The van der Waals surface area contributed by atoms with Crippen LogP contribution in [0.25, 0.3) is 0 Å². The molecule has 0 aromatic carbocycles. The van der Waals surface area contributed by atoms with Gasteiger partial charge in [0, 0.05) is 0 Å². The largest absolute Gasteiger partial charge is 0.0991 e. The fourth-order valence-corrected chi connectivity index (χ4v) is 1.42. The Morgan fingerprint density at radius 1 is 1.20 bits per heavy atom. The third-order valence-corrected chi connectivity index (χ3v) is 2.14. The van der Waals surface area contributed by atoms with Crippen LogP contribution in [-0.4, -0.2) is 0 Å². The molecule has 0 radical (unpaired) electrons. The third kappa shape index (κ3) is 4.64. The van der Waals surface area contributed by atoms with E-state index in [0.29, 0.717) is 5.92 Å². The molecule has 0 atom stereocenters. The van der Waals surface area contributed by atoms with Crippen molar-refractivity contribution in [2.75, 3.05) is 0 Å². The van der Waals surface area contributed by atoms with Crippen molar-refractivity contribution in [3.05, 3.63) is 60.3 Å². The minimum absolute atomic E-state index is 0.502. The van der Waals surface area contributed by atoms with E-state index < -0.39 is 0 Å². The van der Waals surface area contributed by atoms with E-state index in [4.69, 9.17) is 0 Å². The number of allylic oxidation sites excluding steroid dienone is 8. The van der Waals surface area contributed by atoms with Crippen LogP contribution >= 0.6 is 0 Å². The van der Waals surface area contributed by atoms with Gasteiger partial charge in [-0.15, -0.1) is 0 Å². The van der Waals surface area contributed by atoms with Gasteiger partial charge < -0.3 is 0 Å². The van der Waals surface area contributed by atoms with Crippen LogP contribution in [0.1, 0.15) is 27.7 Å². The fraction of sp³-hybridized carbons (Fsp3) is 0.333. The van der Waals surface area contributed by atoms with Crippen molar-refractivity contribution in [1.82, 2.24) is 0 Å². The normalized spacial score (nSPS) is 13.7. The summed E-state index contributed by atoms with van der Waals surface area (Å²) < 4.78 is 0. The molecule has 0 heterocycles. The van der Waals surface area contributed by atoms with Gasteiger partial charge in [-0.2, -0.15) is 0 Å². The molecule has 0 spiro atoms. The summed E-state index contributed by atoms with van der Waals surface area (Å²) in [6.45, 7) is 16.2. The first-order chi connectivity index (χ1) is 7.04. The highest BCUT2D eigenvalue weighted by atomic mass is 14.1. The second-order valence-corrected chi connectivity index (χ2v) is 3.90. The zero-order chi connectivity index (χ0) is 11.8. The molecule has 0 aliphatic rings. The van der Waals surface area contributed by atoms with Crippen molar-refractivity contribution in [1.29, 1.82) is 0 Å². The van der Waals surface area contributed by atoms with Gasteiger partial charge in [-0.25, -0.2) is 0 Å². The molecule has 0 saturated carbocycles. The van der Waals surface area contributed by atoms with E-state index in [2.05, 4.69) is 45.2 Å². The first-order valence-corrected chi connectivity index (χ1v) is 5.36. The van der Waals surface area contributed by atoms with E-state index in [1.165, 1.54) is 11.1 Å². The average molecular weight is 202 g/mol. The summed E-state index contributed by atoms with van der Waals surface area (Å²) in [7, 11) is 0. The SMILES string of the molecule is C=C\C=C/C(C(=C)C)=C(/C=C\C)C(C)C. The second-order valence-electron chi connectivity index (χ2n) is 3.90. The van der Waals surface area contributed by atoms with Crippen LogP contribution < -0.4 is 0 Å². The summed E-state index contributed by atoms with van der Waals surface area (Å²) in [6, 6.07) is 0. The van der Waals surface area contributed by atoms with Crippen molar-refractivity contribution in [2.24, 2.45) is 5.92 Å². The summed E-state index contributed by atoms with van der Waals surface area (Å²) in [5.41, 5.74) is 3.63. The molecule has 0 aromatic rings. The number of hydrogen-bond donors (Lipinski definition) is 0. The molecular formula is C15H22. The van der Waals surface area contributed by atoms with Crippen molar-refractivity contribution in [3.8, 4) is 0 Å². The summed E-state index contributed by atoms with van der Waals surface area (Å²) in [6.07, 6.45) is 10.0. The molecule has 0 amide bonds. The molecular weight excluding hydrogens is 180 g/mol. The van der Waals surface area contributed by atoms with Crippen LogP contribution in [-0.2, 0) is 0 Å². The molecule has 0 aliphatic carbocycles. The van der Waals surface area contributed by atoms with Crippen LogP contribution in [0.15, 0.2) is 60.3 Å². The maximum atomic E-state index is 4.02. The Morgan fingerprint density at radius 3 is 2.13 bits per heavy atom. The molecule has 0 N–H and O–H groups in total. The summed E-state index contributed by atoms with van der Waals surface area (Å²) in [5, 5.41) is 0. The monoisotopic (exact) mass is 202 g/mol. The van der Waals surface area contributed by atoms with Gasteiger partial charge >= 0.3 is 0 Å². The van der Waals surface area contributed by atoms with Gasteiger partial charge in [0.2, 0.25) is 0 Å². The highest BCUT2D eigenvalue weighted by molar-refractivity contribution is 5.46. The topological polar surface area (TPSA) is 0 Å². The van der Waals surface area contributed by atoms with Gasteiger partial charge in [-0.05, 0) is 30.9 Å². The van der Waals surface area contributed by atoms with E-state index in [-0.39, 0.29) is 0 Å². The van der Waals surface area contributed by atoms with Gasteiger partial charge in [-0.1, -0.05) is 63.0 Å². The molecule has 0 nitrogen and oxygen atoms in total. The fourth-order valence-electron chi connectivity index (χ4n) is 1.42. The lowest BCUT2D eigenvalue weighted by atomic mass is 9.93. The van der Waals surface area contributed by atoms with Gasteiger partial charge in [0.25, 0.3) is 0 Å². The highest BCUT2D eigenvalue weighted by Crippen LogP contribution is 2.22. The van der Waals surface area contributed by atoms with Crippen molar-refractivity contribution < 1.29 is 0 Å². The van der Waals surface area contributed by atoms with Gasteiger partial charge in [-0.3, -0.25) is 0 Å². The van der Waals surface area contributed by atoms with E-state index >= 15 is 0 Å². The first-order valence-electron chi connectivity index (χ1n) is 5.36. The average Bonchev–Trinajstić information content (AvgIpc) is 2.16. The van der Waals surface area contributed by atoms with Crippen LogP contribution in [0.3, 0.4) is 0 Å². The minimum Gasteiger partial charge on any atom is -0.0991 e. The van der Waals surface area contributed by atoms with Crippen molar-refractivity contribution in [3.63, 3.8) is 0 Å². The van der Waals surface area contributed by atoms with Crippen molar-refractivity contribution in [2.45, 2.75) is 27.7 Å². The zero-order valence-corrected chi connectivity index (χ0v) is 10.4. The maximum Gasteiger partial charge on any atom is -0.0199 e. The maximum absolute atomic E-state index is 4.02. The molecule has 15 heavy (non-hydrogen) atoms. The lowest BCUT2D eigenvalue weighted by Gasteiger charge is -2.12. The Labute approximate surface area is 94.4 Å². The Kier molecular flexibility index (Phi) is 6.44.